The highest BCUT2D eigenvalue weighted by atomic mass is 35.5. The Bertz CT molecular complexity index is 886. The molecule has 112 valence electrons. The highest BCUT2D eigenvalue weighted by Gasteiger charge is 2.15. The van der Waals surface area contributed by atoms with Crippen molar-refractivity contribution in [2.24, 2.45) is 0 Å². The minimum absolute atomic E-state index is 0.466. The van der Waals surface area contributed by atoms with E-state index in [2.05, 4.69) is 13.0 Å². The molecule has 0 unspecified atom stereocenters. The molecule has 0 atom stereocenters. The van der Waals surface area contributed by atoms with Crippen molar-refractivity contribution in [2.75, 3.05) is 0 Å². The summed E-state index contributed by atoms with van der Waals surface area (Å²) in [6.07, 6.45) is 0.977. The number of halogens is 2. The van der Waals surface area contributed by atoms with Crippen molar-refractivity contribution < 1.29 is 4.79 Å². The molecule has 2 nitrogen and oxygen atoms in total. The van der Waals surface area contributed by atoms with Crippen molar-refractivity contribution in [3.63, 3.8) is 0 Å². The molecule has 0 amide bonds. The normalized spacial score (nSPS) is 11.1. The molecule has 5 heteroatoms. The first kappa shape index (κ1) is 15.5. The van der Waals surface area contributed by atoms with Gasteiger partial charge in [-0.25, -0.2) is 4.98 Å². The molecule has 0 fully saturated rings. The molecule has 3 rings (SSSR count). The quantitative estimate of drug-likeness (QED) is 0.553. The van der Waals surface area contributed by atoms with Gasteiger partial charge in [0, 0.05) is 20.8 Å². The topological polar surface area (TPSA) is 30.0 Å². The van der Waals surface area contributed by atoms with Crippen LogP contribution >= 0.6 is 34.5 Å². The van der Waals surface area contributed by atoms with Crippen molar-refractivity contribution in [3.05, 3.63) is 51.4 Å². The van der Waals surface area contributed by atoms with E-state index in [1.165, 1.54) is 4.88 Å². The first-order valence-corrected chi connectivity index (χ1v) is 8.47. The molecule has 0 spiro atoms. The number of hydrogen-bond acceptors (Lipinski definition) is 3. The van der Waals surface area contributed by atoms with E-state index >= 15 is 0 Å². The zero-order valence-electron chi connectivity index (χ0n) is 12.1. The Morgan fingerprint density at radius 3 is 2.68 bits per heavy atom. The van der Waals surface area contributed by atoms with E-state index in [9.17, 15) is 4.79 Å². The van der Waals surface area contributed by atoms with Crippen molar-refractivity contribution in [2.45, 2.75) is 20.3 Å². The molecule has 0 saturated heterocycles. The van der Waals surface area contributed by atoms with Crippen LogP contribution in [0.5, 0.6) is 0 Å². The third kappa shape index (κ3) is 2.65. The summed E-state index contributed by atoms with van der Waals surface area (Å²) in [6, 6.07) is 9.43. The van der Waals surface area contributed by atoms with E-state index in [0.29, 0.717) is 10.6 Å². The highest BCUT2D eigenvalue weighted by Crippen LogP contribution is 2.33. The fourth-order valence-electron chi connectivity index (χ4n) is 2.40. The zero-order chi connectivity index (χ0) is 15.9. The van der Waals surface area contributed by atoms with E-state index in [1.807, 2.05) is 13.0 Å². The molecule has 0 saturated carbocycles. The Balaban J connectivity index is 2.32. The number of fused-ring (bicyclic) bond motifs is 1. The van der Waals surface area contributed by atoms with Gasteiger partial charge in [-0.15, -0.1) is 11.3 Å². The van der Waals surface area contributed by atoms with E-state index in [4.69, 9.17) is 28.2 Å². The summed E-state index contributed by atoms with van der Waals surface area (Å²) in [7, 11) is 0. The average molecular weight is 350 g/mol. The number of thiophene rings is 1. The van der Waals surface area contributed by atoms with Crippen LogP contribution in [0, 0.1) is 6.92 Å². The fraction of sp³-hybridized carbons (Fsp3) is 0.176. The largest absolute Gasteiger partial charge is 0.276 e. The molecule has 3 aromatic rings. The number of carbonyl (C=O) groups is 1. The second-order valence-corrected chi connectivity index (χ2v) is 6.94. The predicted octanol–water partition coefficient (Wildman–Crippen LogP) is 5.87. The van der Waals surface area contributed by atoms with Crippen LogP contribution in [0.15, 0.2) is 30.3 Å². The third-order valence-electron chi connectivity index (χ3n) is 3.64. The molecule has 0 bridgehead atoms. The summed E-state index contributed by atoms with van der Waals surface area (Å²) >= 11 is 13.6. The van der Waals surface area contributed by atoms with Gasteiger partial charge in [0.25, 0.3) is 5.24 Å². The zero-order valence-corrected chi connectivity index (χ0v) is 14.4. The van der Waals surface area contributed by atoms with Crippen LogP contribution in [-0.2, 0) is 6.42 Å². The number of carbonyl (C=O) groups excluding carboxylic acids is 1. The molecule has 2 aromatic heterocycles. The van der Waals surface area contributed by atoms with E-state index in [-0.39, 0.29) is 0 Å². The van der Waals surface area contributed by atoms with Gasteiger partial charge < -0.3 is 0 Å². The maximum atomic E-state index is 11.8. The van der Waals surface area contributed by atoms with Gasteiger partial charge in [0.15, 0.2) is 0 Å². The number of benzene rings is 1. The second-order valence-electron chi connectivity index (χ2n) is 5.02. The van der Waals surface area contributed by atoms with Crippen molar-refractivity contribution in [1.82, 2.24) is 4.98 Å². The van der Waals surface area contributed by atoms with Crippen LogP contribution in [0.3, 0.4) is 0 Å². The van der Waals surface area contributed by atoms with Gasteiger partial charge in [0.2, 0.25) is 0 Å². The first-order chi connectivity index (χ1) is 10.5. The molecule has 0 radical (unpaired) electrons. The van der Waals surface area contributed by atoms with Crippen molar-refractivity contribution >= 4 is 50.7 Å². The molecule has 0 aliphatic rings. The molecule has 0 aliphatic carbocycles. The summed E-state index contributed by atoms with van der Waals surface area (Å²) in [5.41, 5.74) is 2.80. The predicted molar refractivity (Wildman–Crippen MR) is 94.4 cm³/mol. The van der Waals surface area contributed by atoms with Crippen LogP contribution in [0.25, 0.3) is 21.5 Å². The van der Waals surface area contributed by atoms with Crippen LogP contribution in [0.1, 0.15) is 27.7 Å². The summed E-state index contributed by atoms with van der Waals surface area (Å²) in [4.78, 5) is 18.8. The number of rotatable bonds is 3. The van der Waals surface area contributed by atoms with Gasteiger partial charge in [-0.3, -0.25) is 4.79 Å². The number of aromatic nitrogens is 1. The van der Waals surface area contributed by atoms with Crippen LogP contribution < -0.4 is 0 Å². The lowest BCUT2D eigenvalue weighted by Gasteiger charge is -2.09. The summed E-state index contributed by atoms with van der Waals surface area (Å²) < 4.78 is 0. The second kappa shape index (κ2) is 5.99. The van der Waals surface area contributed by atoms with E-state index < -0.39 is 5.24 Å². The molecule has 22 heavy (non-hydrogen) atoms. The van der Waals surface area contributed by atoms with Gasteiger partial charge in [-0.1, -0.05) is 24.6 Å². The van der Waals surface area contributed by atoms with Crippen LogP contribution in [0.4, 0.5) is 0 Å². The first-order valence-electron chi connectivity index (χ1n) is 6.90. The number of hydrogen-bond donors (Lipinski definition) is 0. The van der Waals surface area contributed by atoms with E-state index in [0.717, 1.165) is 33.5 Å². The van der Waals surface area contributed by atoms with Crippen LogP contribution in [-0.4, -0.2) is 10.2 Å². The Morgan fingerprint density at radius 1 is 1.27 bits per heavy atom. The van der Waals surface area contributed by atoms with Gasteiger partial charge in [-0.05, 0) is 54.8 Å². The lowest BCUT2D eigenvalue weighted by molar-refractivity contribution is 0.108. The summed E-state index contributed by atoms with van der Waals surface area (Å²) in [5, 5.41) is 0.881. The van der Waals surface area contributed by atoms with Crippen molar-refractivity contribution in [1.29, 1.82) is 0 Å². The van der Waals surface area contributed by atoms with Gasteiger partial charge in [0.05, 0.1) is 16.1 Å². The Hall–Kier alpha value is -1.42. The summed E-state index contributed by atoms with van der Waals surface area (Å²) in [6.45, 7) is 4.01. The molecular weight excluding hydrogens is 337 g/mol. The molecule has 2 heterocycles. The lowest BCUT2D eigenvalue weighted by Crippen LogP contribution is -1.97. The Morgan fingerprint density at radius 2 is 2.05 bits per heavy atom. The van der Waals surface area contributed by atoms with Gasteiger partial charge in [-0.2, -0.15) is 0 Å². The van der Waals surface area contributed by atoms with Gasteiger partial charge in [0.1, 0.15) is 0 Å². The Kier molecular flexibility index (Phi) is 4.22. The standard InChI is InChI=1S/C17H13Cl2NOS/c1-3-10-4-7-15(22-10)14-8-12(17(19)21)11-5-6-13(18)9(2)16(11)20-14/h4-8H,3H2,1-2H3. The van der Waals surface area contributed by atoms with Crippen molar-refractivity contribution in [3.8, 4) is 10.6 Å². The minimum Gasteiger partial charge on any atom is -0.276 e. The average Bonchev–Trinajstić information content (AvgIpc) is 2.99. The minimum atomic E-state index is -0.484. The van der Waals surface area contributed by atoms with Crippen LogP contribution in [0.2, 0.25) is 5.02 Å². The smallest absolute Gasteiger partial charge is 0.253 e. The monoisotopic (exact) mass is 349 g/mol. The third-order valence-corrected chi connectivity index (χ3v) is 5.51. The van der Waals surface area contributed by atoms with Gasteiger partial charge >= 0.3 is 0 Å². The SMILES string of the molecule is CCc1ccc(-c2cc(C(=O)Cl)c3ccc(Cl)c(C)c3n2)s1. The number of aryl methyl sites for hydroxylation is 2. The molecule has 0 N–H and O–H groups in total. The maximum Gasteiger partial charge on any atom is 0.253 e. The molecule has 0 aliphatic heterocycles. The summed E-state index contributed by atoms with van der Waals surface area (Å²) in [5.74, 6) is 0. The molecular formula is C17H13Cl2NOS. The Labute approximate surface area is 142 Å². The van der Waals surface area contributed by atoms with E-state index in [1.54, 1.807) is 29.5 Å². The maximum absolute atomic E-state index is 11.8. The number of nitrogens with zero attached hydrogens (tertiary/aromatic N) is 1. The molecule has 1 aromatic carbocycles. The number of pyridine rings is 1. The lowest BCUT2D eigenvalue weighted by atomic mass is 10.0. The highest BCUT2D eigenvalue weighted by molar-refractivity contribution is 7.15. The fourth-order valence-corrected chi connectivity index (χ4v) is 3.62.